The van der Waals surface area contributed by atoms with Crippen molar-refractivity contribution < 1.29 is 9.18 Å². The van der Waals surface area contributed by atoms with Gasteiger partial charge in [0.05, 0.1) is 6.42 Å². The molecule has 0 bridgehead atoms. The van der Waals surface area contributed by atoms with Gasteiger partial charge >= 0.3 is 0 Å². The molecule has 2 N–H and O–H groups in total. The monoisotopic (exact) mass is 236 g/mol. The predicted molar refractivity (Wildman–Crippen MR) is 65.8 cm³/mol. The Morgan fingerprint density at radius 1 is 1.47 bits per heavy atom. The van der Waals surface area contributed by atoms with Crippen LogP contribution in [0.5, 0.6) is 0 Å². The summed E-state index contributed by atoms with van der Waals surface area (Å²) >= 11 is 0. The number of benzene rings is 1. The number of anilines is 1. The second-order valence-electron chi connectivity index (χ2n) is 4.67. The minimum absolute atomic E-state index is 0.0755. The molecule has 1 aromatic rings. The molecule has 0 aromatic heterocycles. The van der Waals surface area contributed by atoms with Gasteiger partial charge in [0.1, 0.15) is 5.67 Å². The molecular formula is C13H17FN2O. The minimum atomic E-state index is -1.38. The lowest BCUT2D eigenvalue weighted by Gasteiger charge is -2.17. The molecule has 1 aromatic carbocycles. The smallest absolute Gasteiger partial charge is 0.227 e. The third kappa shape index (κ3) is 3.27. The SMILES string of the molecule is Cc1ccc(NC(=O)CC2(F)CCNC2)cc1. The summed E-state index contributed by atoms with van der Waals surface area (Å²) in [5.74, 6) is -0.264. The lowest BCUT2D eigenvalue weighted by molar-refractivity contribution is -0.118. The summed E-state index contributed by atoms with van der Waals surface area (Å²) in [6.45, 7) is 2.90. The summed E-state index contributed by atoms with van der Waals surface area (Å²) in [6, 6.07) is 7.48. The number of rotatable bonds is 3. The molecule has 1 heterocycles. The standard InChI is InChI=1S/C13H17FN2O/c1-10-2-4-11(5-3-10)16-12(17)8-13(14)6-7-15-9-13/h2-5,15H,6-9H2,1H3,(H,16,17). The number of aryl methyl sites for hydroxylation is 1. The van der Waals surface area contributed by atoms with Gasteiger partial charge in [0.25, 0.3) is 0 Å². The van der Waals surface area contributed by atoms with Crippen molar-refractivity contribution >= 4 is 11.6 Å². The first-order valence-electron chi connectivity index (χ1n) is 5.84. The van der Waals surface area contributed by atoms with Gasteiger partial charge in [-0.1, -0.05) is 17.7 Å². The highest BCUT2D eigenvalue weighted by atomic mass is 19.1. The lowest BCUT2D eigenvalue weighted by atomic mass is 10.0. The van der Waals surface area contributed by atoms with Crippen LogP contribution in [-0.4, -0.2) is 24.7 Å². The quantitative estimate of drug-likeness (QED) is 0.843. The van der Waals surface area contributed by atoms with Crippen molar-refractivity contribution in [2.75, 3.05) is 18.4 Å². The number of carbonyl (C=O) groups excluding carboxylic acids is 1. The Morgan fingerprint density at radius 3 is 2.76 bits per heavy atom. The molecule has 0 aliphatic carbocycles. The number of halogens is 1. The van der Waals surface area contributed by atoms with Gasteiger partial charge in [0.15, 0.2) is 0 Å². The number of nitrogens with one attached hydrogen (secondary N) is 2. The third-order valence-corrected chi connectivity index (χ3v) is 3.00. The van der Waals surface area contributed by atoms with Crippen molar-refractivity contribution in [3.63, 3.8) is 0 Å². The van der Waals surface area contributed by atoms with Crippen molar-refractivity contribution in [2.24, 2.45) is 0 Å². The molecule has 3 nitrogen and oxygen atoms in total. The molecule has 1 fully saturated rings. The minimum Gasteiger partial charge on any atom is -0.326 e. The Labute approximate surface area is 100 Å². The molecule has 0 saturated carbocycles. The van der Waals surface area contributed by atoms with E-state index in [0.717, 1.165) is 11.3 Å². The highest BCUT2D eigenvalue weighted by Gasteiger charge is 2.35. The molecule has 1 amide bonds. The zero-order valence-corrected chi connectivity index (χ0v) is 9.92. The van der Waals surface area contributed by atoms with E-state index in [9.17, 15) is 9.18 Å². The summed E-state index contributed by atoms with van der Waals surface area (Å²) in [4.78, 5) is 11.7. The Kier molecular flexibility index (Phi) is 3.43. The second kappa shape index (κ2) is 4.84. The van der Waals surface area contributed by atoms with Gasteiger partial charge in [0.2, 0.25) is 5.91 Å². The maximum absolute atomic E-state index is 14.0. The van der Waals surface area contributed by atoms with Crippen LogP contribution < -0.4 is 10.6 Å². The summed E-state index contributed by atoms with van der Waals surface area (Å²) in [7, 11) is 0. The summed E-state index contributed by atoms with van der Waals surface area (Å²) < 4.78 is 14.0. The van der Waals surface area contributed by atoms with Gasteiger partial charge < -0.3 is 10.6 Å². The van der Waals surface area contributed by atoms with Crippen LogP contribution in [0.15, 0.2) is 24.3 Å². The first kappa shape index (κ1) is 12.0. The van der Waals surface area contributed by atoms with Crippen LogP contribution in [0.1, 0.15) is 18.4 Å². The average molecular weight is 236 g/mol. The van der Waals surface area contributed by atoms with E-state index in [1.165, 1.54) is 0 Å². The topological polar surface area (TPSA) is 41.1 Å². The molecule has 1 atom stereocenters. The number of amides is 1. The highest BCUT2D eigenvalue weighted by Crippen LogP contribution is 2.24. The van der Waals surface area contributed by atoms with Gasteiger partial charge in [-0.3, -0.25) is 4.79 Å². The van der Waals surface area contributed by atoms with E-state index in [1.54, 1.807) is 0 Å². The Balaban J connectivity index is 1.91. The molecular weight excluding hydrogens is 219 g/mol. The predicted octanol–water partition coefficient (Wildman–Crippen LogP) is 2.03. The van der Waals surface area contributed by atoms with E-state index in [0.29, 0.717) is 13.0 Å². The van der Waals surface area contributed by atoms with Crippen LogP contribution in [-0.2, 0) is 4.79 Å². The van der Waals surface area contributed by atoms with Gasteiger partial charge in [-0.2, -0.15) is 0 Å². The Morgan fingerprint density at radius 2 is 2.18 bits per heavy atom. The molecule has 0 radical (unpaired) electrons. The Bertz CT molecular complexity index is 396. The summed E-state index contributed by atoms with van der Waals surface area (Å²) in [5.41, 5.74) is 0.467. The zero-order valence-electron chi connectivity index (χ0n) is 9.92. The van der Waals surface area contributed by atoms with Crippen molar-refractivity contribution in [1.82, 2.24) is 5.32 Å². The van der Waals surface area contributed by atoms with E-state index >= 15 is 0 Å². The fourth-order valence-corrected chi connectivity index (χ4v) is 1.99. The van der Waals surface area contributed by atoms with Crippen LogP contribution in [0.4, 0.5) is 10.1 Å². The average Bonchev–Trinajstić information content (AvgIpc) is 2.68. The number of hydrogen-bond donors (Lipinski definition) is 2. The van der Waals surface area contributed by atoms with Crippen LogP contribution in [0.3, 0.4) is 0 Å². The first-order valence-corrected chi connectivity index (χ1v) is 5.84. The number of carbonyl (C=O) groups is 1. The maximum Gasteiger partial charge on any atom is 0.227 e. The van der Waals surface area contributed by atoms with Crippen LogP contribution in [0.25, 0.3) is 0 Å². The van der Waals surface area contributed by atoms with Crippen LogP contribution in [0.2, 0.25) is 0 Å². The molecule has 0 spiro atoms. The molecule has 1 aliphatic rings. The zero-order chi connectivity index (χ0) is 12.3. The van der Waals surface area contributed by atoms with Crippen LogP contribution >= 0.6 is 0 Å². The fourth-order valence-electron chi connectivity index (χ4n) is 1.99. The fraction of sp³-hybridized carbons (Fsp3) is 0.462. The first-order chi connectivity index (χ1) is 8.07. The van der Waals surface area contributed by atoms with E-state index in [4.69, 9.17) is 0 Å². The largest absolute Gasteiger partial charge is 0.326 e. The van der Waals surface area contributed by atoms with Gasteiger partial charge in [0, 0.05) is 12.2 Å². The Hall–Kier alpha value is -1.42. The molecule has 1 aliphatic heterocycles. The number of hydrogen-bond acceptors (Lipinski definition) is 2. The second-order valence-corrected chi connectivity index (χ2v) is 4.67. The highest BCUT2D eigenvalue weighted by molar-refractivity contribution is 5.91. The van der Waals surface area contributed by atoms with Crippen molar-refractivity contribution in [1.29, 1.82) is 0 Å². The normalized spacial score (nSPS) is 23.6. The summed E-state index contributed by atoms with van der Waals surface area (Å²) in [5, 5.41) is 5.65. The molecule has 1 saturated heterocycles. The van der Waals surface area contributed by atoms with Gasteiger partial charge in [-0.05, 0) is 32.0 Å². The van der Waals surface area contributed by atoms with E-state index < -0.39 is 5.67 Å². The van der Waals surface area contributed by atoms with E-state index in [1.807, 2.05) is 31.2 Å². The molecule has 92 valence electrons. The van der Waals surface area contributed by atoms with Gasteiger partial charge in [-0.25, -0.2) is 4.39 Å². The maximum atomic E-state index is 14.0. The van der Waals surface area contributed by atoms with E-state index in [-0.39, 0.29) is 18.9 Å². The van der Waals surface area contributed by atoms with Crippen molar-refractivity contribution in [2.45, 2.75) is 25.4 Å². The molecule has 1 unspecified atom stereocenters. The molecule has 17 heavy (non-hydrogen) atoms. The van der Waals surface area contributed by atoms with Crippen molar-refractivity contribution in [3.8, 4) is 0 Å². The molecule has 2 rings (SSSR count). The van der Waals surface area contributed by atoms with Gasteiger partial charge in [-0.15, -0.1) is 0 Å². The third-order valence-electron chi connectivity index (χ3n) is 3.00. The lowest BCUT2D eigenvalue weighted by Crippen LogP contribution is -2.31. The number of alkyl halides is 1. The summed E-state index contributed by atoms with van der Waals surface area (Å²) in [6.07, 6.45) is 0.336. The van der Waals surface area contributed by atoms with Crippen molar-refractivity contribution in [3.05, 3.63) is 29.8 Å². The van der Waals surface area contributed by atoms with E-state index in [2.05, 4.69) is 10.6 Å². The van der Waals surface area contributed by atoms with Crippen LogP contribution in [0, 0.1) is 6.92 Å². The molecule has 4 heteroatoms.